The number of nitrogens with zero attached hydrogens (tertiary/aromatic N) is 3. The zero-order valence-corrected chi connectivity index (χ0v) is 14.7. The van der Waals surface area contributed by atoms with Gasteiger partial charge in [0.2, 0.25) is 0 Å². The molecule has 6 heteroatoms. The fourth-order valence-electron chi connectivity index (χ4n) is 3.57. The van der Waals surface area contributed by atoms with Gasteiger partial charge in [-0.3, -0.25) is 4.57 Å². The molecule has 2 aromatic heterocycles. The number of carbonyl (C=O) groups is 1. The summed E-state index contributed by atoms with van der Waals surface area (Å²) >= 11 is 0. The van der Waals surface area contributed by atoms with Gasteiger partial charge in [-0.05, 0) is 37.1 Å². The van der Waals surface area contributed by atoms with Crippen LogP contribution in [0, 0.1) is 0 Å². The van der Waals surface area contributed by atoms with Crippen molar-refractivity contribution in [2.45, 2.75) is 38.1 Å². The average molecular weight is 349 g/mol. The molecule has 0 aliphatic heterocycles. The molecule has 1 aliphatic rings. The molecule has 1 aromatic carbocycles. The van der Waals surface area contributed by atoms with Crippen LogP contribution in [0.25, 0.3) is 16.9 Å². The van der Waals surface area contributed by atoms with E-state index in [2.05, 4.69) is 20.2 Å². The van der Waals surface area contributed by atoms with Crippen molar-refractivity contribution >= 4 is 17.2 Å². The van der Waals surface area contributed by atoms with E-state index in [0.29, 0.717) is 19.0 Å². The number of pyridine rings is 1. The first-order valence-corrected chi connectivity index (χ1v) is 9.23. The Morgan fingerprint density at radius 1 is 1.12 bits per heavy atom. The lowest BCUT2D eigenvalue weighted by molar-refractivity contribution is 0.237. The molecule has 0 atom stereocenters. The molecule has 2 amide bonds. The van der Waals surface area contributed by atoms with Gasteiger partial charge in [0.1, 0.15) is 11.3 Å². The van der Waals surface area contributed by atoms with Gasteiger partial charge in [-0.1, -0.05) is 31.0 Å². The Morgan fingerprint density at radius 3 is 2.73 bits per heavy atom. The molecule has 26 heavy (non-hydrogen) atoms. The van der Waals surface area contributed by atoms with Crippen LogP contribution in [0.5, 0.6) is 0 Å². The maximum atomic E-state index is 12.1. The minimum atomic E-state index is -0.0857. The second kappa shape index (κ2) is 7.56. The number of hydrogen-bond donors (Lipinski definition) is 2. The highest BCUT2D eigenvalue weighted by molar-refractivity contribution is 5.75. The molecule has 2 N–H and O–H groups in total. The van der Waals surface area contributed by atoms with E-state index in [9.17, 15) is 4.79 Å². The number of rotatable bonds is 5. The summed E-state index contributed by atoms with van der Waals surface area (Å²) in [5.74, 6) is 0.895. The first kappa shape index (κ1) is 16.6. The Hall–Kier alpha value is -2.89. The Labute approximate surface area is 152 Å². The second-order valence-electron chi connectivity index (χ2n) is 6.68. The van der Waals surface area contributed by atoms with Crippen molar-refractivity contribution < 1.29 is 4.79 Å². The predicted molar refractivity (Wildman–Crippen MR) is 101 cm³/mol. The summed E-state index contributed by atoms with van der Waals surface area (Å²) in [4.78, 5) is 21.3. The number of hydrogen-bond acceptors (Lipinski definition) is 3. The largest absolute Gasteiger partial charge is 0.338 e. The van der Waals surface area contributed by atoms with Crippen molar-refractivity contribution in [1.82, 2.24) is 25.2 Å². The topological polar surface area (TPSA) is 71.8 Å². The molecular formula is C20H23N5O. The smallest absolute Gasteiger partial charge is 0.315 e. The fraction of sp³-hybridized carbons (Fsp3) is 0.350. The van der Waals surface area contributed by atoms with Gasteiger partial charge < -0.3 is 10.6 Å². The van der Waals surface area contributed by atoms with Crippen LogP contribution in [0.3, 0.4) is 0 Å². The van der Waals surface area contributed by atoms with E-state index >= 15 is 0 Å². The quantitative estimate of drug-likeness (QED) is 0.743. The molecular weight excluding hydrogens is 326 g/mol. The van der Waals surface area contributed by atoms with Crippen molar-refractivity contribution in [3.8, 4) is 5.69 Å². The number of nitrogens with one attached hydrogen (secondary N) is 2. The Balaban J connectivity index is 1.48. The number of aromatic nitrogens is 3. The normalized spacial score (nSPS) is 14.6. The van der Waals surface area contributed by atoms with Gasteiger partial charge >= 0.3 is 6.03 Å². The SMILES string of the molecule is O=C(NCCc1nc2cccnc2n1-c1ccccc1)NC1CCCC1. The minimum absolute atomic E-state index is 0.0857. The summed E-state index contributed by atoms with van der Waals surface area (Å²) in [6.45, 7) is 0.536. The van der Waals surface area contributed by atoms with E-state index in [1.54, 1.807) is 6.20 Å². The molecule has 6 nitrogen and oxygen atoms in total. The molecule has 0 unspecified atom stereocenters. The van der Waals surface area contributed by atoms with Crippen molar-refractivity contribution in [2.24, 2.45) is 0 Å². The first-order chi connectivity index (χ1) is 12.8. The van der Waals surface area contributed by atoms with Crippen molar-refractivity contribution in [3.63, 3.8) is 0 Å². The monoisotopic (exact) mass is 349 g/mol. The second-order valence-corrected chi connectivity index (χ2v) is 6.68. The molecule has 134 valence electrons. The van der Waals surface area contributed by atoms with Crippen LogP contribution in [-0.2, 0) is 6.42 Å². The van der Waals surface area contributed by atoms with Crippen LogP contribution in [0.1, 0.15) is 31.5 Å². The van der Waals surface area contributed by atoms with Gasteiger partial charge in [0, 0.05) is 30.9 Å². The summed E-state index contributed by atoms with van der Waals surface area (Å²) in [7, 11) is 0. The minimum Gasteiger partial charge on any atom is -0.338 e. The molecule has 1 aliphatic carbocycles. The summed E-state index contributed by atoms with van der Waals surface area (Å²) in [6.07, 6.45) is 7.01. The summed E-state index contributed by atoms with van der Waals surface area (Å²) in [5.41, 5.74) is 2.73. The third-order valence-corrected chi connectivity index (χ3v) is 4.82. The Bertz CT molecular complexity index is 884. The van der Waals surface area contributed by atoms with Crippen LogP contribution in [-0.4, -0.2) is 33.2 Å². The van der Waals surface area contributed by atoms with E-state index in [4.69, 9.17) is 4.98 Å². The molecule has 1 saturated carbocycles. The van der Waals surface area contributed by atoms with Crippen molar-refractivity contribution in [3.05, 3.63) is 54.5 Å². The van der Waals surface area contributed by atoms with Gasteiger partial charge in [-0.2, -0.15) is 0 Å². The van der Waals surface area contributed by atoms with Crippen LogP contribution in [0.15, 0.2) is 48.7 Å². The molecule has 3 aromatic rings. The number of fused-ring (bicyclic) bond motifs is 1. The first-order valence-electron chi connectivity index (χ1n) is 9.23. The highest BCUT2D eigenvalue weighted by Gasteiger charge is 2.17. The highest BCUT2D eigenvalue weighted by atomic mass is 16.2. The lowest BCUT2D eigenvalue weighted by atomic mass is 10.2. The number of para-hydroxylation sites is 1. The van der Waals surface area contributed by atoms with Gasteiger partial charge in [-0.15, -0.1) is 0 Å². The molecule has 4 rings (SSSR count). The molecule has 0 radical (unpaired) electrons. The fourth-order valence-corrected chi connectivity index (χ4v) is 3.57. The van der Waals surface area contributed by atoms with Gasteiger partial charge in [0.25, 0.3) is 0 Å². The number of carbonyl (C=O) groups excluding carboxylic acids is 1. The Morgan fingerprint density at radius 2 is 1.92 bits per heavy atom. The van der Waals surface area contributed by atoms with Crippen molar-refractivity contribution in [2.75, 3.05) is 6.54 Å². The molecule has 1 fully saturated rings. The van der Waals surface area contributed by atoms with Crippen LogP contribution >= 0.6 is 0 Å². The van der Waals surface area contributed by atoms with Crippen molar-refractivity contribution in [1.29, 1.82) is 0 Å². The zero-order valence-electron chi connectivity index (χ0n) is 14.7. The molecule has 0 saturated heterocycles. The van der Waals surface area contributed by atoms with Gasteiger partial charge in [0.05, 0.1) is 0 Å². The van der Waals surface area contributed by atoms with Crippen LogP contribution in [0.4, 0.5) is 4.79 Å². The molecule has 0 spiro atoms. The maximum absolute atomic E-state index is 12.1. The summed E-state index contributed by atoms with van der Waals surface area (Å²) in [5, 5.41) is 6.01. The third kappa shape index (κ3) is 3.54. The van der Waals surface area contributed by atoms with Gasteiger partial charge in [0.15, 0.2) is 5.65 Å². The number of urea groups is 1. The standard InChI is InChI=1S/C20H23N5O/c26-20(23-15-7-4-5-8-15)22-14-12-18-24-17-11-6-13-21-19(17)25(18)16-9-2-1-3-10-16/h1-3,6,9-11,13,15H,4-5,7-8,12,14H2,(H2,22,23,26). The van der Waals surface area contributed by atoms with E-state index in [1.807, 2.05) is 42.5 Å². The molecule has 0 bridgehead atoms. The van der Waals surface area contributed by atoms with Crippen LogP contribution in [0.2, 0.25) is 0 Å². The number of imidazole rings is 1. The lowest BCUT2D eigenvalue weighted by Crippen LogP contribution is -2.41. The third-order valence-electron chi connectivity index (χ3n) is 4.82. The Kier molecular flexibility index (Phi) is 4.82. The van der Waals surface area contributed by atoms with E-state index < -0.39 is 0 Å². The number of amides is 2. The van der Waals surface area contributed by atoms with Gasteiger partial charge in [-0.25, -0.2) is 14.8 Å². The van der Waals surface area contributed by atoms with E-state index in [0.717, 1.165) is 35.5 Å². The maximum Gasteiger partial charge on any atom is 0.315 e. The predicted octanol–water partition coefficient (Wildman–Crippen LogP) is 3.20. The average Bonchev–Trinajstić information content (AvgIpc) is 3.29. The van der Waals surface area contributed by atoms with E-state index in [-0.39, 0.29) is 6.03 Å². The highest BCUT2D eigenvalue weighted by Crippen LogP contribution is 2.20. The zero-order chi connectivity index (χ0) is 17.8. The van der Waals surface area contributed by atoms with E-state index in [1.165, 1.54) is 12.8 Å². The number of benzene rings is 1. The summed E-state index contributed by atoms with van der Waals surface area (Å²) < 4.78 is 2.06. The molecule has 2 heterocycles. The summed E-state index contributed by atoms with van der Waals surface area (Å²) in [6, 6.07) is 14.2. The van der Waals surface area contributed by atoms with Crippen LogP contribution < -0.4 is 10.6 Å². The lowest BCUT2D eigenvalue weighted by Gasteiger charge is -2.13.